The first-order valence-corrected chi connectivity index (χ1v) is 7.08. The van der Waals surface area contributed by atoms with Crippen LogP contribution < -0.4 is 14.8 Å². The van der Waals surface area contributed by atoms with Crippen LogP contribution in [0, 0.1) is 11.3 Å². The first-order chi connectivity index (χ1) is 11.9. The van der Waals surface area contributed by atoms with E-state index in [4.69, 9.17) is 10.00 Å². The van der Waals surface area contributed by atoms with Crippen LogP contribution in [0.25, 0.3) is 0 Å². The second-order valence-corrected chi connectivity index (χ2v) is 4.90. The zero-order valence-corrected chi connectivity index (χ0v) is 12.8. The molecule has 2 aromatic rings. The predicted molar refractivity (Wildman–Crippen MR) is 83.3 cm³/mol. The lowest BCUT2D eigenvalue weighted by molar-refractivity contribution is -0.153. The molecule has 0 heterocycles. The Balaban J connectivity index is 1.80. The molecular weight excluding hydrogens is 337 g/mol. The number of alkyl halides is 3. The summed E-state index contributed by atoms with van der Waals surface area (Å²) in [5, 5.41) is 11.2. The monoisotopic (exact) mass is 350 g/mol. The molecule has 2 aromatic carbocycles. The van der Waals surface area contributed by atoms with E-state index in [-0.39, 0.29) is 12.4 Å². The van der Waals surface area contributed by atoms with Crippen molar-refractivity contribution >= 4 is 11.6 Å². The van der Waals surface area contributed by atoms with Crippen LogP contribution in [0.1, 0.15) is 5.56 Å². The minimum Gasteiger partial charge on any atom is -0.484 e. The molecule has 0 spiro atoms. The van der Waals surface area contributed by atoms with Gasteiger partial charge in [0.1, 0.15) is 11.5 Å². The lowest BCUT2D eigenvalue weighted by atomic mass is 10.2. The third kappa shape index (κ3) is 6.43. The minimum absolute atomic E-state index is 0.0455. The van der Waals surface area contributed by atoms with E-state index in [1.165, 1.54) is 24.3 Å². The molecule has 0 aromatic heterocycles. The van der Waals surface area contributed by atoms with Crippen LogP contribution in [0.3, 0.4) is 0 Å². The molecule has 0 aliphatic rings. The maximum absolute atomic E-state index is 12.0. The number of nitrogens with one attached hydrogen (secondary N) is 1. The van der Waals surface area contributed by atoms with Crippen LogP contribution in [0.15, 0.2) is 48.5 Å². The molecule has 2 rings (SSSR count). The number of carbonyl (C=O) groups excluding carboxylic acids is 1. The van der Waals surface area contributed by atoms with Crippen LogP contribution in [0.2, 0.25) is 0 Å². The normalized spacial score (nSPS) is 10.6. The molecule has 0 fully saturated rings. The number of anilines is 1. The highest BCUT2D eigenvalue weighted by atomic mass is 19.4. The molecule has 0 saturated carbocycles. The smallest absolute Gasteiger partial charge is 0.422 e. The van der Waals surface area contributed by atoms with Crippen molar-refractivity contribution in [3.05, 3.63) is 54.1 Å². The fourth-order valence-corrected chi connectivity index (χ4v) is 1.77. The number of amides is 1. The molecule has 1 N–H and O–H groups in total. The van der Waals surface area contributed by atoms with E-state index in [0.29, 0.717) is 17.0 Å². The number of rotatable bonds is 6. The highest BCUT2D eigenvalue weighted by Crippen LogP contribution is 2.20. The van der Waals surface area contributed by atoms with Gasteiger partial charge < -0.3 is 14.8 Å². The van der Waals surface area contributed by atoms with Gasteiger partial charge in [-0.3, -0.25) is 4.79 Å². The Morgan fingerprint density at radius 2 is 1.56 bits per heavy atom. The summed E-state index contributed by atoms with van der Waals surface area (Å²) in [6.07, 6.45) is -4.41. The topological polar surface area (TPSA) is 71.3 Å². The summed E-state index contributed by atoms with van der Waals surface area (Å²) in [7, 11) is 0. The molecular formula is C17H13F3N2O3. The number of hydrogen-bond acceptors (Lipinski definition) is 4. The third-order valence-corrected chi connectivity index (χ3v) is 2.89. The van der Waals surface area contributed by atoms with E-state index < -0.39 is 18.7 Å². The van der Waals surface area contributed by atoms with E-state index in [0.717, 1.165) is 0 Å². The molecule has 0 atom stereocenters. The molecule has 130 valence electrons. The van der Waals surface area contributed by atoms with Crippen molar-refractivity contribution < 1.29 is 27.4 Å². The van der Waals surface area contributed by atoms with Crippen molar-refractivity contribution in [2.24, 2.45) is 0 Å². The molecule has 25 heavy (non-hydrogen) atoms. The molecule has 0 radical (unpaired) electrons. The van der Waals surface area contributed by atoms with Crippen molar-refractivity contribution in [2.75, 3.05) is 18.5 Å². The van der Waals surface area contributed by atoms with Crippen molar-refractivity contribution in [3.8, 4) is 17.6 Å². The summed E-state index contributed by atoms with van der Waals surface area (Å²) < 4.78 is 46.0. The van der Waals surface area contributed by atoms with Gasteiger partial charge in [-0.15, -0.1) is 0 Å². The van der Waals surface area contributed by atoms with Gasteiger partial charge in [0, 0.05) is 5.69 Å². The van der Waals surface area contributed by atoms with Crippen LogP contribution in [-0.4, -0.2) is 25.3 Å². The Labute approximate surface area is 141 Å². The number of hydrogen-bond donors (Lipinski definition) is 1. The molecule has 0 unspecified atom stereocenters. The first-order valence-electron chi connectivity index (χ1n) is 7.08. The molecule has 0 saturated heterocycles. The third-order valence-electron chi connectivity index (χ3n) is 2.89. The number of nitriles is 1. The lowest BCUT2D eigenvalue weighted by Gasteiger charge is -2.10. The fourth-order valence-electron chi connectivity index (χ4n) is 1.77. The largest absolute Gasteiger partial charge is 0.484 e. The van der Waals surface area contributed by atoms with Crippen LogP contribution in [0.4, 0.5) is 18.9 Å². The van der Waals surface area contributed by atoms with Crippen LogP contribution >= 0.6 is 0 Å². The SMILES string of the molecule is N#Cc1ccc(OCC(=O)Nc2ccc(OCC(F)(F)F)cc2)cc1. The van der Waals surface area contributed by atoms with E-state index >= 15 is 0 Å². The molecule has 1 amide bonds. The lowest BCUT2D eigenvalue weighted by Crippen LogP contribution is -2.20. The van der Waals surface area contributed by atoms with Crippen molar-refractivity contribution in [3.63, 3.8) is 0 Å². The predicted octanol–water partition coefficient (Wildman–Crippen LogP) is 3.52. The fraction of sp³-hybridized carbons (Fsp3) is 0.176. The van der Waals surface area contributed by atoms with Gasteiger partial charge in [0.15, 0.2) is 13.2 Å². The summed E-state index contributed by atoms with van der Waals surface area (Å²) >= 11 is 0. The van der Waals surface area contributed by atoms with Gasteiger partial charge in [0.05, 0.1) is 11.6 Å². The highest BCUT2D eigenvalue weighted by molar-refractivity contribution is 5.91. The molecule has 8 heteroatoms. The van der Waals surface area contributed by atoms with Gasteiger partial charge >= 0.3 is 6.18 Å². The van der Waals surface area contributed by atoms with Gasteiger partial charge in [0.25, 0.3) is 5.91 Å². The molecule has 0 bridgehead atoms. The Bertz CT molecular complexity index is 751. The van der Waals surface area contributed by atoms with Gasteiger partial charge in [-0.2, -0.15) is 18.4 Å². The average Bonchev–Trinajstić information content (AvgIpc) is 2.59. The Kier molecular flexibility index (Phi) is 5.84. The van der Waals surface area contributed by atoms with E-state index in [2.05, 4.69) is 10.1 Å². The summed E-state index contributed by atoms with van der Waals surface area (Å²) in [5.74, 6) is 0.0440. The maximum atomic E-state index is 12.0. The standard InChI is InChI=1S/C17H13F3N2O3/c18-17(19,20)11-25-15-7-3-13(4-8-15)22-16(23)10-24-14-5-1-12(9-21)2-6-14/h1-8H,10-11H2,(H,22,23). The summed E-state index contributed by atoms with van der Waals surface area (Å²) in [5.41, 5.74) is 0.873. The number of carbonyl (C=O) groups is 1. The zero-order valence-electron chi connectivity index (χ0n) is 12.8. The van der Waals surface area contributed by atoms with Gasteiger partial charge in [-0.25, -0.2) is 0 Å². The van der Waals surface area contributed by atoms with Crippen LogP contribution in [0.5, 0.6) is 11.5 Å². The van der Waals surface area contributed by atoms with Gasteiger partial charge in [0.2, 0.25) is 0 Å². The van der Waals surface area contributed by atoms with E-state index in [1.54, 1.807) is 24.3 Å². The van der Waals surface area contributed by atoms with Crippen molar-refractivity contribution in [1.82, 2.24) is 0 Å². The second kappa shape index (κ2) is 8.06. The van der Waals surface area contributed by atoms with Gasteiger partial charge in [-0.05, 0) is 48.5 Å². The highest BCUT2D eigenvalue weighted by Gasteiger charge is 2.28. The zero-order chi connectivity index (χ0) is 18.3. The summed E-state index contributed by atoms with van der Waals surface area (Å²) in [6, 6.07) is 13.7. The molecule has 0 aliphatic heterocycles. The Morgan fingerprint density at radius 3 is 2.12 bits per heavy atom. The Hall–Kier alpha value is -3.21. The average molecular weight is 350 g/mol. The quantitative estimate of drug-likeness (QED) is 0.865. The Morgan fingerprint density at radius 1 is 1.00 bits per heavy atom. The maximum Gasteiger partial charge on any atom is 0.422 e. The number of nitrogens with zero attached hydrogens (tertiary/aromatic N) is 1. The van der Waals surface area contributed by atoms with Crippen molar-refractivity contribution in [1.29, 1.82) is 5.26 Å². The molecule has 0 aliphatic carbocycles. The second-order valence-electron chi connectivity index (χ2n) is 4.90. The number of ether oxygens (including phenoxy) is 2. The number of halogens is 3. The van der Waals surface area contributed by atoms with E-state index in [1.807, 2.05) is 6.07 Å². The molecule has 5 nitrogen and oxygen atoms in total. The minimum atomic E-state index is -4.41. The number of benzene rings is 2. The summed E-state index contributed by atoms with van der Waals surface area (Å²) in [4.78, 5) is 11.8. The van der Waals surface area contributed by atoms with Crippen LogP contribution in [-0.2, 0) is 4.79 Å². The first kappa shape index (κ1) is 18.1. The van der Waals surface area contributed by atoms with Crippen molar-refractivity contribution in [2.45, 2.75) is 6.18 Å². The van der Waals surface area contributed by atoms with Gasteiger partial charge in [-0.1, -0.05) is 0 Å². The van der Waals surface area contributed by atoms with E-state index in [9.17, 15) is 18.0 Å². The summed E-state index contributed by atoms with van der Waals surface area (Å²) in [6.45, 7) is -1.63.